The lowest BCUT2D eigenvalue weighted by molar-refractivity contribution is 0.397. The van der Waals surface area contributed by atoms with Gasteiger partial charge in [0.2, 0.25) is 5.88 Å². The maximum absolute atomic E-state index is 12.8. The van der Waals surface area contributed by atoms with Gasteiger partial charge in [-0.3, -0.25) is 4.57 Å². The minimum Gasteiger partial charge on any atom is -0.497 e. The number of aromatic nitrogens is 5. The minimum atomic E-state index is -0.0767. The van der Waals surface area contributed by atoms with Crippen LogP contribution in [0.4, 0.5) is 5.82 Å². The van der Waals surface area contributed by atoms with Crippen molar-refractivity contribution in [3.05, 3.63) is 58.5 Å². The molecule has 1 aliphatic heterocycles. The Morgan fingerprint density at radius 1 is 1.17 bits per heavy atom. The van der Waals surface area contributed by atoms with Crippen LogP contribution in [0, 0.1) is 0 Å². The first kappa shape index (κ1) is 19.0. The first-order chi connectivity index (χ1) is 14.2. The molecule has 9 nitrogen and oxygen atoms in total. The molecular formula is C20H24N6O3. The van der Waals surface area contributed by atoms with E-state index in [1.54, 1.807) is 24.9 Å². The quantitative estimate of drug-likeness (QED) is 0.678. The zero-order valence-electron chi connectivity index (χ0n) is 16.5. The standard InChI is InChI=1S/C20H24N6O3/c1-28-16-5-3-4-14(10-16)12-26-20(27)25-9-8-15(6-7-18(25)24-26)23-17-11-19(29-2)22-13-21-17/h3-5,10-11,13,15H,6-9,12H2,1-2H3,(H,21,22,23). The number of fused-ring (bicyclic) bond motifs is 1. The van der Waals surface area contributed by atoms with E-state index in [9.17, 15) is 4.79 Å². The topological polar surface area (TPSA) is 96.1 Å². The summed E-state index contributed by atoms with van der Waals surface area (Å²) < 4.78 is 13.7. The molecule has 4 rings (SSSR count). The molecule has 0 bridgehead atoms. The highest BCUT2D eigenvalue weighted by atomic mass is 16.5. The van der Waals surface area contributed by atoms with Crippen LogP contribution in [0.3, 0.4) is 0 Å². The number of benzene rings is 1. The molecule has 1 unspecified atom stereocenters. The maximum Gasteiger partial charge on any atom is 0.346 e. The number of nitrogens with zero attached hydrogens (tertiary/aromatic N) is 5. The second-order valence-corrected chi connectivity index (χ2v) is 6.97. The lowest BCUT2D eigenvalue weighted by Crippen LogP contribution is -2.27. The van der Waals surface area contributed by atoms with E-state index in [4.69, 9.17) is 9.47 Å². The van der Waals surface area contributed by atoms with Crippen LogP contribution in [0.1, 0.15) is 24.2 Å². The molecule has 0 spiro atoms. The summed E-state index contributed by atoms with van der Waals surface area (Å²) in [5.41, 5.74) is 0.907. The monoisotopic (exact) mass is 396 g/mol. The van der Waals surface area contributed by atoms with Crippen molar-refractivity contribution in [1.29, 1.82) is 0 Å². The minimum absolute atomic E-state index is 0.0767. The van der Waals surface area contributed by atoms with Crippen molar-refractivity contribution in [2.75, 3.05) is 19.5 Å². The number of nitrogens with one attached hydrogen (secondary N) is 1. The van der Waals surface area contributed by atoms with Crippen LogP contribution in [0.25, 0.3) is 0 Å². The summed E-state index contributed by atoms with van der Waals surface area (Å²) in [7, 11) is 3.21. The van der Waals surface area contributed by atoms with Crippen LogP contribution in [-0.2, 0) is 19.5 Å². The summed E-state index contributed by atoms with van der Waals surface area (Å²) in [4.78, 5) is 21.1. The van der Waals surface area contributed by atoms with Crippen LogP contribution in [0.5, 0.6) is 11.6 Å². The molecule has 0 saturated heterocycles. The van der Waals surface area contributed by atoms with Gasteiger partial charge in [0, 0.05) is 25.1 Å². The summed E-state index contributed by atoms with van der Waals surface area (Å²) in [6.45, 7) is 1.05. The van der Waals surface area contributed by atoms with Crippen LogP contribution in [-0.4, -0.2) is 44.6 Å². The van der Waals surface area contributed by atoms with Crippen molar-refractivity contribution in [3.63, 3.8) is 0 Å². The molecule has 3 aromatic rings. The Bertz CT molecular complexity index is 1040. The largest absolute Gasteiger partial charge is 0.497 e. The number of hydrogen-bond acceptors (Lipinski definition) is 7. The van der Waals surface area contributed by atoms with Crippen LogP contribution < -0.4 is 20.5 Å². The summed E-state index contributed by atoms with van der Waals surface area (Å²) in [6, 6.07) is 9.66. The second kappa shape index (κ2) is 8.34. The number of methoxy groups -OCH3 is 2. The van der Waals surface area contributed by atoms with Crippen molar-refractivity contribution in [2.24, 2.45) is 0 Å². The Balaban J connectivity index is 1.45. The number of anilines is 1. The molecule has 1 aromatic carbocycles. The molecule has 1 atom stereocenters. The van der Waals surface area contributed by atoms with E-state index in [1.807, 2.05) is 24.3 Å². The van der Waals surface area contributed by atoms with E-state index in [0.29, 0.717) is 19.0 Å². The van der Waals surface area contributed by atoms with E-state index in [-0.39, 0.29) is 11.7 Å². The van der Waals surface area contributed by atoms with Gasteiger partial charge in [-0.25, -0.2) is 19.4 Å². The van der Waals surface area contributed by atoms with Gasteiger partial charge in [0.05, 0.1) is 20.8 Å². The van der Waals surface area contributed by atoms with Gasteiger partial charge in [-0.15, -0.1) is 0 Å². The van der Waals surface area contributed by atoms with Crippen LogP contribution in [0.2, 0.25) is 0 Å². The summed E-state index contributed by atoms with van der Waals surface area (Å²) in [5, 5.41) is 7.99. The normalized spacial score (nSPS) is 16.0. The van der Waals surface area contributed by atoms with E-state index in [2.05, 4.69) is 20.4 Å². The number of rotatable bonds is 6. The van der Waals surface area contributed by atoms with Gasteiger partial charge in [0.1, 0.15) is 23.7 Å². The molecule has 9 heteroatoms. The lowest BCUT2D eigenvalue weighted by atomic mass is 10.1. The Morgan fingerprint density at radius 2 is 2.07 bits per heavy atom. The predicted molar refractivity (Wildman–Crippen MR) is 108 cm³/mol. The zero-order chi connectivity index (χ0) is 20.2. The maximum atomic E-state index is 12.8. The third kappa shape index (κ3) is 4.23. The third-order valence-corrected chi connectivity index (χ3v) is 5.09. The second-order valence-electron chi connectivity index (χ2n) is 6.97. The molecule has 0 radical (unpaired) electrons. The first-order valence-corrected chi connectivity index (χ1v) is 9.58. The van der Waals surface area contributed by atoms with Gasteiger partial charge in [-0.1, -0.05) is 12.1 Å². The Labute approximate surface area is 168 Å². The smallest absolute Gasteiger partial charge is 0.346 e. The highest BCUT2D eigenvalue weighted by Gasteiger charge is 2.21. The molecule has 2 aromatic heterocycles. The average molecular weight is 396 g/mol. The molecule has 0 fully saturated rings. The fourth-order valence-electron chi connectivity index (χ4n) is 3.56. The molecule has 0 aliphatic carbocycles. The third-order valence-electron chi connectivity index (χ3n) is 5.09. The van der Waals surface area contributed by atoms with Crippen molar-refractivity contribution >= 4 is 5.82 Å². The number of hydrogen-bond donors (Lipinski definition) is 1. The zero-order valence-corrected chi connectivity index (χ0v) is 16.5. The summed E-state index contributed by atoms with van der Waals surface area (Å²) in [6.07, 6.45) is 3.87. The molecule has 3 heterocycles. The molecule has 152 valence electrons. The Hall–Kier alpha value is -3.36. The fourth-order valence-corrected chi connectivity index (χ4v) is 3.56. The van der Waals surface area contributed by atoms with Gasteiger partial charge in [-0.2, -0.15) is 5.10 Å². The molecule has 1 aliphatic rings. The average Bonchev–Trinajstić information content (AvgIpc) is 2.91. The molecule has 1 N–H and O–H groups in total. The van der Waals surface area contributed by atoms with Gasteiger partial charge in [0.15, 0.2) is 0 Å². The highest BCUT2D eigenvalue weighted by Crippen LogP contribution is 2.18. The van der Waals surface area contributed by atoms with Gasteiger partial charge in [0.25, 0.3) is 0 Å². The van der Waals surface area contributed by atoms with Crippen LogP contribution >= 0.6 is 0 Å². The fraction of sp³-hybridized carbons (Fsp3) is 0.400. The van der Waals surface area contributed by atoms with E-state index in [1.165, 1.54) is 11.0 Å². The first-order valence-electron chi connectivity index (χ1n) is 9.58. The SMILES string of the molecule is COc1cccc(Cn2nc3n(c2=O)CCC(Nc2cc(OC)ncn2)CC3)c1. The van der Waals surface area contributed by atoms with Crippen molar-refractivity contribution < 1.29 is 9.47 Å². The van der Waals surface area contributed by atoms with Crippen molar-refractivity contribution in [2.45, 2.75) is 38.4 Å². The van der Waals surface area contributed by atoms with E-state index >= 15 is 0 Å². The van der Waals surface area contributed by atoms with E-state index in [0.717, 1.165) is 42.2 Å². The molecule has 0 saturated carbocycles. The predicted octanol–water partition coefficient (Wildman–Crippen LogP) is 1.72. The van der Waals surface area contributed by atoms with Crippen molar-refractivity contribution in [1.82, 2.24) is 24.3 Å². The van der Waals surface area contributed by atoms with Crippen molar-refractivity contribution in [3.8, 4) is 11.6 Å². The highest BCUT2D eigenvalue weighted by molar-refractivity contribution is 5.38. The number of ether oxygens (including phenoxy) is 2. The van der Waals surface area contributed by atoms with Gasteiger partial charge < -0.3 is 14.8 Å². The lowest BCUT2D eigenvalue weighted by Gasteiger charge is -2.16. The number of aryl methyl sites for hydroxylation is 1. The van der Waals surface area contributed by atoms with E-state index < -0.39 is 0 Å². The van der Waals surface area contributed by atoms with Gasteiger partial charge >= 0.3 is 5.69 Å². The van der Waals surface area contributed by atoms with Gasteiger partial charge in [-0.05, 0) is 30.5 Å². The molecular weight excluding hydrogens is 372 g/mol. The summed E-state index contributed by atoms with van der Waals surface area (Å²) >= 11 is 0. The Morgan fingerprint density at radius 3 is 2.90 bits per heavy atom. The molecule has 29 heavy (non-hydrogen) atoms. The molecule has 0 amide bonds. The van der Waals surface area contributed by atoms with Crippen LogP contribution in [0.15, 0.2) is 41.5 Å². The summed E-state index contributed by atoms with van der Waals surface area (Å²) in [5.74, 6) is 2.83. The Kier molecular flexibility index (Phi) is 5.46.